The molecule has 5 heteroatoms. The molecule has 0 aromatic carbocycles. The van der Waals surface area contributed by atoms with Crippen LogP contribution in [-0.4, -0.2) is 29.9 Å². The molecule has 0 aromatic heterocycles. The third-order valence-corrected chi connectivity index (χ3v) is 9.62. The Morgan fingerprint density at radius 2 is 1.73 bits per heavy atom. The number of ether oxygens (including phenoxy) is 2. The van der Waals surface area contributed by atoms with E-state index in [0.29, 0.717) is 30.0 Å². The van der Waals surface area contributed by atoms with Crippen LogP contribution in [0.2, 0.25) is 0 Å². The fourth-order valence-electron chi connectivity index (χ4n) is 8.53. The summed E-state index contributed by atoms with van der Waals surface area (Å²) in [6.45, 7) is 9.60. The summed E-state index contributed by atoms with van der Waals surface area (Å²) in [4.78, 5) is 36.7. The van der Waals surface area contributed by atoms with Crippen molar-refractivity contribution in [1.82, 2.24) is 0 Å². The maximum atomic E-state index is 13.7. The van der Waals surface area contributed by atoms with E-state index in [1.54, 1.807) is 0 Å². The van der Waals surface area contributed by atoms with Gasteiger partial charge >= 0.3 is 11.9 Å². The highest BCUT2D eigenvalue weighted by Gasteiger charge is 2.64. The lowest BCUT2D eigenvalue weighted by molar-refractivity contribution is -0.172. The van der Waals surface area contributed by atoms with Gasteiger partial charge in [0, 0.05) is 32.1 Å². The summed E-state index contributed by atoms with van der Waals surface area (Å²) in [5.41, 5.74) is -0.0389. The Labute approximate surface area is 180 Å². The van der Waals surface area contributed by atoms with Crippen LogP contribution in [0.1, 0.15) is 86.0 Å². The lowest BCUT2D eigenvalue weighted by Gasteiger charge is -2.60. The second-order valence-electron chi connectivity index (χ2n) is 11.2. The van der Waals surface area contributed by atoms with E-state index < -0.39 is 0 Å². The van der Waals surface area contributed by atoms with E-state index in [0.717, 1.165) is 44.9 Å². The molecule has 4 rings (SSSR count). The zero-order valence-electron chi connectivity index (χ0n) is 19.2. The van der Waals surface area contributed by atoms with Crippen molar-refractivity contribution in [2.45, 2.75) is 98.2 Å². The van der Waals surface area contributed by atoms with Crippen molar-refractivity contribution in [2.75, 3.05) is 0 Å². The van der Waals surface area contributed by atoms with Gasteiger partial charge in [-0.1, -0.05) is 13.8 Å². The molecule has 4 aliphatic rings. The van der Waals surface area contributed by atoms with Crippen LogP contribution in [0.15, 0.2) is 0 Å². The molecule has 0 heterocycles. The number of carbonyl (C=O) groups excluding carboxylic acids is 3. The van der Waals surface area contributed by atoms with Crippen LogP contribution in [0.5, 0.6) is 0 Å². The SMILES string of the molecule is CC(=O)O[C@H]1CC[C@@]2(C)[C@@H](CC[C@@H]3[C@H]2C(=O)C[C@]2(C)[C@@H]([C@@H](C)OC(C)=O)CC[C@@H]32)C1. The van der Waals surface area contributed by atoms with Crippen molar-refractivity contribution in [1.29, 1.82) is 0 Å². The Kier molecular flexibility index (Phi) is 5.55. The zero-order valence-corrected chi connectivity index (χ0v) is 19.2. The first-order valence-corrected chi connectivity index (χ1v) is 11.9. The van der Waals surface area contributed by atoms with Gasteiger partial charge < -0.3 is 9.47 Å². The minimum absolute atomic E-state index is 0.0153. The van der Waals surface area contributed by atoms with E-state index in [2.05, 4.69) is 13.8 Å². The summed E-state index contributed by atoms with van der Waals surface area (Å²) in [5.74, 6) is 1.84. The Bertz CT molecular complexity index is 731. The van der Waals surface area contributed by atoms with Gasteiger partial charge in [0.25, 0.3) is 0 Å². The first-order valence-electron chi connectivity index (χ1n) is 11.9. The molecule has 0 N–H and O–H groups in total. The van der Waals surface area contributed by atoms with Crippen molar-refractivity contribution in [2.24, 2.45) is 40.4 Å². The first kappa shape index (κ1) is 21.8. The first-order chi connectivity index (χ1) is 14.1. The van der Waals surface area contributed by atoms with Crippen LogP contribution < -0.4 is 0 Å². The summed E-state index contributed by atoms with van der Waals surface area (Å²) in [5, 5.41) is 0. The molecule has 0 unspecified atom stereocenters. The number of ketones is 1. The second-order valence-corrected chi connectivity index (χ2v) is 11.2. The van der Waals surface area contributed by atoms with Gasteiger partial charge in [-0.05, 0) is 80.5 Å². The topological polar surface area (TPSA) is 69.7 Å². The van der Waals surface area contributed by atoms with Gasteiger partial charge in [0.05, 0.1) is 0 Å². The average molecular weight is 419 g/mol. The van der Waals surface area contributed by atoms with Gasteiger partial charge in [0.1, 0.15) is 18.0 Å². The highest BCUT2D eigenvalue weighted by molar-refractivity contribution is 5.84. The number of fused-ring (bicyclic) bond motifs is 5. The van der Waals surface area contributed by atoms with Gasteiger partial charge in [0.2, 0.25) is 0 Å². The molecule has 168 valence electrons. The number of carbonyl (C=O) groups is 3. The van der Waals surface area contributed by atoms with Crippen LogP contribution in [0, 0.1) is 40.4 Å². The molecule has 0 bridgehead atoms. The molecule has 0 saturated heterocycles. The Hall–Kier alpha value is -1.39. The van der Waals surface area contributed by atoms with E-state index in [1.165, 1.54) is 13.8 Å². The van der Waals surface area contributed by atoms with E-state index in [1.807, 2.05) is 6.92 Å². The maximum absolute atomic E-state index is 13.7. The van der Waals surface area contributed by atoms with Gasteiger partial charge in [-0.2, -0.15) is 0 Å². The van der Waals surface area contributed by atoms with Gasteiger partial charge in [-0.3, -0.25) is 14.4 Å². The number of esters is 2. The van der Waals surface area contributed by atoms with E-state index in [4.69, 9.17) is 9.47 Å². The van der Waals surface area contributed by atoms with Crippen LogP contribution in [0.3, 0.4) is 0 Å². The molecular weight excluding hydrogens is 380 g/mol. The molecule has 0 amide bonds. The molecule has 4 fully saturated rings. The molecule has 4 aliphatic carbocycles. The average Bonchev–Trinajstić information content (AvgIpc) is 2.97. The summed E-state index contributed by atoms with van der Waals surface area (Å²) < 4.78 is 11.1. The number of hydrogen-bond acceptors (Lipinski definition) is 5. The van der Waals surface area contributed by atoms with Crippen molar-refractivity contribution >= 4 is 17.7 Å². The van der Waals surface area contributed by atoms with Crippen LogP contribution in [-0.2, 0) is 23.9 Å². The Morgan fingerprint density at radius 3 is 2.40 bits per heavy atom. The van der Waals surface area contributed by atoms with Gasteiger partial charge in [-0.15, -0.1) is 0 Å². The lowest BCUT2D eigenvalue weighted by atomic mass is 9.44. The molecule has 0 spiro atoms. The molecule has 0 radical (unpaired) electrons. The summed E-state index contributed by atoms with van der Waals surface area (Å²) in [6, 6.07) is 0. The molecular formula is C25H38O5. The second kappa shape index (κ2) is 7.63. The highest BCUT2D eigenvalue weighted by atomic mass is 16.5. The van der Waals surface area contributed by atoms with Crippen molar-refractivity contribution in [3.8, 4) is 0 Å². The van der Waals surface area contributed by atoms with Gasteiger partial charge in [0.15, 0.2) is 0 Å². The molecule has 5 nitrogen and oxygen atoms in total. The minimum atomic E-state index is -0.230. The maximum Gasteiger partial charge on any atom is 0.302 e. The molecule has 0 aromatic rings. The predicted molar refractivity (Wildman–Crippen MR) is 112 cm³/mol. The molecule has 9 atom stereocenters. The highest BCUT2D eigenvalue weighted by Crippen LogP contribution is 2.67. The summed E-state index contributed by atoms with van der Waals surface area (Å²) >= 11 is 0. The monoisotopic (exact) mass is 418 g/mol. The van der Waals surface area contributed by atoms with Crippen LogP contribution >= 0.6 is 0 Å². The van der Waals surface area contributed by atoms with Crippen LogP contribution in [0.4, 0.5) is 0 Å². The lowest BCUT2D eigenvalue weighted by Crippen LogP contribution is -2.58. The molecule has 30 heavy (non-hydrogen) atoms. The fourth-order valence-corrected chi connectivity index (χ4v) is 8.53. The summed E-state index contributed by atoms with van der Waals surface area (Å²) in [7, 11) is 0. The smallest absolute Gasteiger partial charge is 0.302 e. The summed E-state index contributed by atoms with van der Waals surface area (Å²) in [6.07, 6.45) is 7.65. The normalized spacial score (nSPS) is 46.2. The van der Waals surface area contributed by atoms with Crippen molar-refractivity contribution in [3.05, 3.63) is 0 Å². The van der Waals surface area contributed by atoms with Crippen molar-refractivity contribution < 1.29 is 23.9 Å². The molecule has 0 aliphatic heterocycles. The predicted octanol–water partition coefficient (Wildman–Crippen LogP) is 4.71. The standard InChI is InChI=1S/C25H38O5/c1-14(29-15(2)26)20-8-9-21-19-7-6-17-12-18(30-16(3)27)10-11-24(17,4)23(19)22(28)13-25(20,21)5/h14,17-21,23H,6-13H2,1-5H3/t14-,17+,18+,19+,20-,21+,23+,24+,25-/m1/s1. The largest absolute Gasteiger partial charge is 0.463 e. The third-order valence-electron chi connectivity index (χ3n) is 9.62. The van der Waals surface area contributed by atoms with Crippen molar-refractivity contribution in [3.63, 3.8) is 0 Å². The number of Topliss-reactive ketones (excluding diaryl/α,β-unsaturated/α-hetero) is 1. The van der Waals surface area contributed by atoms with Gasteiger partial charge in [-0.25, -0.2) is 0 Å². The van der Waals surface area contributed by atoms with E-state index in [-0.39, 0.29) is 46.8 Å². The van der Waals surface area contributed by atoms with E-state index in [9.17, 15) is 14.4 Å². The quantitative estimate of drug-likeness (QED) is 0.621. The van der Waals surface area contributed by atoms with Crippen LogP contribution in [0.25, 0.3) is 0 Å². The van der Waals surface area contributed by atoms with E-state index >= 15 is 0 Å². The number of hydrogen-bond donors (Lipinski definition) is 0. The third kappa shape index (κ3) is 3.40. The molecule has 4 saturated carbocycles. The Morgan fingerprint density at radius 1 is 1.00 bits per heavy atom. The minimum Gasteiger partial charge on any atom is -0.463 e. The zero-order chi connectivity index (χ0) is 21.8. The Balaban J connectivity index is 1.56. The fraction of sp³-hybridized carbons (Fsp3) is 0.880. The number of rotatable bonds is 3.